The molecule has 0 unspecified atom stereocenters. The van der Waals surface area contributed by atoms with Gasteiger partial charge in [-0.15, -0.1) is 11.8 Å². The Morgan fingerprint density at radius 3 is 3.11 bits per heavy atom. The predicted octanol–water partition coefficient (Wildman–Crippen LogP) is 2.19. The van der Waals surface area contributed by atoms with Crippen molar-refractivity contribution in [3.8, 4) is 0 Å². The summed E-state index contributed by atoms with van der Waals surface area (Å²) in [6, 6.07) is 5.80. The maximum absolute atomic E-state index is 11.7. The molecule has 0 atom stereocenters. The van der Waals surface area contributed by atoms with Crippen LogP contribution in [0.1, 0.15) is 25.3 Å². The summed E-state index contributed by atoms with van der Waals surface area (Å²) in [6.07, 6.45) is 2.43. The van der Waals surface area contributed by atoms with Gasteiger partial charge in [0.15, 0.2) is 0 Å². The number of hydrogen-bond acceptors (Lipinski definition) is 3. The van der Waals surface area contributed by atoms with Crippen LogP contribution in [0.25, 0.3) is 0 Å². The number of thioether (sulfide) groups is 1. The molecule has 2 amide bonds. The summed E-state index contributed by atoms with van der Waals surface area (Å²) in [5.41, 5.74) is 1.75. The summed E-state index contributed by atoms with van der Waals surface area (Å²) in [6.45, 7) is 2.82. The van der Waals surface area contributed by atoms with E-state index >= 15 is 0 Å². The molecule has 0 saturated heterocycles. The number of unbranched alkanes of at least 4 members (excludes halogenated alkanes) is 1. The van der Waals surface area contributed by atoms with Crippen LogP contribution in [0.3, 0.4) is 0 Å². The molecule has 0 spiro atoms. The Bertz CT molecular complexity index is 488. The van der Waals surface area contributed by atoms with Crippen molar-refractivity contribution in [3.05, 3.63) is 23.8 Å². The molecule has 0 bridgehead atoms. The van der Waals surface area contributed by atoms with Crippen LogP contribution >= 0.6 is 11.8 Å². The zero-order valence-electron chi connectivity index (χ0n) is 11.0. The highest BCUT2D eigenvalue weighted by Crippen LogP contribution is 2.31. The molecule has 0 fully saturated rings. The lowest BCUT2D eigenvalue weighted by atomic mass is 10.1. The van der Waals surface area contributed by atoms with E-state index in [9.17, 15) is 9.59 Å². The second-order valence-electron chi connectivity index (χ2n) is 4.55. The van der Waals surface area contributed by atoms with Gasteiger partial charge < -0.3 is 10.6 Å². The fourth-order valence-electron chi connectivity index (χ4n) is 1.89. The third kappa shape index (κ3) is 3.99. The Kier molecular flexibility index (Phi) is 4.85. The molecule has 1 aliphatic rings. The topological polar surface area (TPSA) is 58.2 Å². The molecule has 2 rings (SSSR count). The van der Waals surface area contributed by atoms with Crippen molar-refractivity contribution in [2.45, 2.75) is 31.1 Å². The predicted molar refractivity (Wildman–Crippen MR) is 77.4 cm³/mol. The zero-order valence-corrected chi connectivity index (χ0v) is 11.8. The first-order valence-corrected chi connectivity index (χ1v) is 7.50. The van der Waals surface area contributed by atoms with Crippen LogP contribution in [0.2, 0.25) is 0 Å². The number of carbonyl (C=O) groups is 2. The lowest BCUT2D eigenvalue weighted by Gasteiger charge is -2.17. The summed E-state index contributed by atoms with van der Waals surface area (Å²) in [7, 11) is 0. The Balaban J connectivity index is 1.96. The first kappa shape index (κ1) is 13.9. The minimum absolute atomic E-state index is 0.0158. The van der Waals surface area contributed by atoms with Gasteiger partial charge in [-0.3, -0.25) is 9.59 Å². The molecule has 19 heavy (non-hydrogen) atoms. The van der Waals surface area contributed by atoms with Crippen LogP contribution in [-0.2, 0) is 16.0 Å². The SMILES string of the molecule is CCCCNC(=O)Cc1ccc2c(c1)NC(=O)CS2. The van der Waals surface area contributed by atoms with Crippen LogP contribution in [0.4, 0.5) is 5.69 Å². The van der Waals surface area contributed by atoms with E-state index in [0.29, 0.717) is 12.2 Å². The molecule has 102 valence electrons. The van der Waals surface area contributed by atoms with E-state index in [0.717, 1.165) is 35.5 Å². The van der Waals surface area contributed by atoms with Crippen LogP contribution in [0, 0.1) is 0 Å². The largest absolute Gasteiger partial charge is 0.356 e. The van der Waals surface area contributed by atoms with Crippen LogP contribution in [0.5, 0.6) is 0 Å². The highest BCUT2D eigenvalue weighted by atomic mass is 32.2. The molecule has 4 nitrogen and oxygen atoms in total. The molecule has 0 saturated carbocycles. The zero-order chi connectivity index (χ0) is 13.7. The highest BCUT2D eigenvalue weighted by molar-refractivity contribution is 8.00. The normalized spacial score (nSPS) is 13.6. The van der Waals surface area contributed by atoms with Gasteiger partial charge in [0.25, 0.3) is 0 Å². The lowest BCUT2D eigenvalue weighted by molar-refractivity contribution is -0.120. The summed E-state index contributed by atoms with van der Waals surface area (Å²) in [4.78, 5) is 24.1. The molecule has 0 radical (unpaired) electrons. The molecule has 1 aliphatic heterocycles. The van der Waals surface area contributed by atoms with Gasteiger partial charge in [0.1, 0.15) is 0 Å². The number of anilines is 1. The Morgan fingerprint density at radius 1 is 1.47 bits per heavy atom. The quantitative estimate of drug-likeness (QED) is 0.812. The lowest BCUT2D eigenvalue weighted by Crippen LogP contribution is -2.26. The summed E-state index contributed by atoms with van der Waals surface area (Å²) < 4.78 is 0. The third-order valence-corrected chi connectivity index (χ3v) is 3.97. The van der Waals surface area contributed by atoms with Crippen molar-refractivity contribution in [3.63, 3.8) is 0 Å². The van der Waals surface area contributed by atoms with E-state index in [1.807, 2.05) is 18.2 Å². The molecular weight excluding hydrogens is 260 g/mol. The van der Waals surface area contributed by atoms with Crippen LogP contribution in [-0.4, -0.2) is 24.1 Å². The van der Waals surface area contributed by atoms with E-state index in [2.05, 4.69) is 17.6 Å². The average Bonchev–Trinajstić information content (AvgIpc) is 2.38. The second kappa shape index (κ2) is 6.61. The van der Waals surface area contributed by atoms with Crippen molar-refractivity contribution in [2.24, 2.45) is 0 Å². The van der Waals surface area contributed by atoms with E-state index in [4.69, 9.17) is 0 Å². The van der Waals surface area contributed by atoms with Gasteiger partial charge in [-0.25, -0.2) is 0 Å². The number of fused-ring (bicyclic) bond motifs is 1. The minimum atomic E-state index is 0.0158. The van der Waals surface area contributed by atoms with Crippen LogP contribution in [0.15, 0.2) is 23.1 Å². The molecule has 2 N–H and O–H groups in total. The van der Waals surface area contributed by atoms with Crippen molar-refractivity contribution in [2.75, 3.05) is 17.6 Å². The maximum Gasteiger partial charge on any atom is 0.234 e. The van der Waals surface area contributed by atoms with Gasteiger partial charge in [0.2, 0.25) is 11.8 Å². The summed E-state index contributed by atoms with van der Waals surface area (Å²) in [5, 5.41) is 5.72. The molecular formula is C14H18N2O2S. The first-order chi connectivity index (χ1) is 9.19. The first-order valence-electron chi connectivity index (χ1n) is 6.51. The number of amides is 2. The number of hydrogen-bond donors (Lipinski definition) is 2. The number of rotatable bonds is 5. The monoisotopic (exact) mass is 278 g/mol. The summed E-state index contributed by atoms with van der Waals surface area (Å²) in [5.74, 6) is 0.509. The minimum Gasteiger partial charge on any atom is -0.356 e. The fourth-order valence-corrected chi connectivity index (χ4v) is 2.68. The molecule has 0 aliphatic carbocycles. The van der Waals surface area contributed by atoms with Gasteiger partial charge in [0.05, 0.1) is 17.9 Å². The van der Waals surface area contributed by atoms with Crippen molar-refractivity contribution < 1.29 is 9.59 Å². The van der Waals surface area contributed by atoms with Gasteiger partial charge in [-0.2, -0.15) is 0 Å². The smallest absolute Gasteiger partial charge is 0.234 e. The molecule has 0 aromatic heterocycles. The van der Waals surface area contributed by atoms with Crippen molar-refractivity contribution >= 4 is 29.3 Å². The van der Waals surface area contributed by atoms with Gasteiger partial charge in [-0.1, -0.05) is 19.4 Å². The summed E-state index contributed by atoms with van der Waals surface area (Å²) >= 11 is 1.53. The van der Waals surface area contributed by atoms with Crippen molar-refractivity contribution in [1.29, 1.82) is 0 Å². The van der Waals surface area contributed by atoms with Crippen LogP contribution < -0.4 is 10.6 Å². The molecule has 5 heteroatoms. The van der Waals surface area contributed by atoms with E-state index in [1.54, 1.807) is 0 Å². The van der Waals surface area contributed by atoms with Gasteiger partial charge >= 0.3 is 0 Å². The highest BCUT2D eigenvalue weighted by Gasteiger charge is 2.15. The number of nitrogens with one attached hydrogen (secondary N) is 2. The van der Waals surface area contributed by atoms with Gasteiger partial charge in [0, 0.05) is 11.4 Å². The molecule has 1 aromatic rings. The van der Waals surface area contributed by atoms with Crippen molar-refractivity contribution in [1.82, 2.24) is 5.32 Å². The molecule has 1 aromatic carbocycles. The Labute approximate surface area is 117 Å². The second-order valence-corrected chi connectivity index (χ2v) is 5.56. The van der Waals surface area contributed by atoms with E-state index in [-0.39, 0.29) is 11.8 Å². The molecule has 1 heterocycles. The average molecular weight is 278 g/mol. The Morgan fingerprint density at radius 2 is 2.32 bits per heavy atom. The fraction of sp³-hybridized carbons (Fsp3) is 0.429. The number of carbonyl (C=O) groups excluding carboxylic acids is 2. The van der Waals surface area contributed by atoms with Gasteiger partial charge in [-0.05, 0) is 24.1 Å². The third-order valence-electron chi connectivity index (χ3n) is 2.89. The standard InChI is InChI=1S/C14H18N2O2S/c1-2-3-6-15-13(17)8-10-4-5-12-11(7-10)16-14(18)9-19-12/h4-5,7H,2-3,6,8-9H2,1H3,(H,15,17)(H,16,18). The number of benzene rings is 1. The Hall–Kier alpha value is -1.49. The van der Waals surface area contributed by atoms with E-state index < -0.39 is 0 Å². The van der Waals surface area contributed by atoms with E-state index in [1.165, 1.54) is 11.8 Å². The maximum atomic E-state index is 11.7.